The maximum Gasteiger partial charge on any atom is 0.231 e. The zero-order chi connectivity index (χ0) is 19.5. The van der Waals surface area contributed by atoms with Crippen LogP contribution in [0.3, 0.4) is 0 Å². The van der Waals surface area contributed by atoms with Gasteiger partial charge in [-0.2, -0.15) is 0 Å². The number of ether oxygens (including phenoxy) is 2. The Balaban J connectivity index is 1.85. The third-order valence-corrected chi connectivity index (χ3v) is 5.03. The lowest BCUT2D eigenvalue weighted by molar-refractivity contribution is 0.105. The highest BCUT2D eigenvalue weighted by molar-refractivity contribution is 7.11. The lowest BCUT2D eigenvalue weighted by atomic mass is 10.0. The van der Waals surface area contributed by atoms with E-state index in [1.165, 1.54) is 11.3 Å². The number of benzene rings is 2. The van der Waals surface area contributed by atoms with Gasteiger partial charge in [0.05, 0.1) is 19.8 Å². The molecule has 4 rings (SSSR count). The molecule has 4 aromatic rings. The highest BCUT2D eigenvalue weighted by Crippen LogP contribution is 2.30. The summed E-state index contributed by atoms with van der Waals surface area (Å²) >= 11 is 1.53. The maximum atomic E-state index is 13.4. The first-order valence-corrected chi connectivity index (χ1v) is 9.45. The average Bonchev–Trinajstić information content (AvgIpc) is 3.40. The Morgan fingerprint density at radius 2 is 1.79 bits per heavy atom. The summed E-state index contributed by atoms with van der Waals surface area (Å²) < 4.78 is 16.5. The Morgan fingerprint density at radius 1 is 1.04 bits per heavy atom. The molecule has 0 amide bonds. The van der Waals surface area contributed by atoms with E-state index < -0.39 is 0 Å². The minimum Gasteiger partial charge on any atom is -0.497 e. The molecule has 0 aliphatic heterocycles. The van der Waals surface area contributed by atoms with Gasteiger partial charge in [0.1, 0.15) is 17.0 Å². The summed E-state index contributed by atoms with van der Waals surface area (Å²) in [5.41, 5.74) is 2.13. The van der Waals surface area contributed by atoms with Crippen molar-refractivity contribution in [2.45, 2.75) is 0 Å². The van der Waals surface area contributed by atoms with Gasteiger partial charge in [0.25, 0.3) is 0 Å². The van der Waals surface area contributed by atoms with Gasteiger partial charge < -0.3 is 13.9 Å². The fourth-order valence-corrected chi connectivity index (χ4v) is 3.48. The van der Waals surface area contributed by atoms with Gasteiger partial charge >= 0.3 is 0 Å². The molecule has 28 heavy (non-hydrogen) atoms. The quantitative estimate of drug-likeness (QED) is 0.328. The van der Waals surface area contributed by atoms with Gasteiger partial charge in [0.15, 0.2) is 11.4 Å². The van der Waals surface area contributed by atoms with Gasteiger partial charge in [-0.3, -0.25) is 4.79 Å². The van der Waals surface area contributed by atoms with Gasteiger partial charge in [-0.15, -0.1) is 11.3 Å². The van der Waals surface area contributed by atoms with Crippen LogP contribution in [0, 0.1) is 0 Å². The summed E-state index contributed by atoms with van der Waals surface area (Å²) in [6.07, 6.45) is 1.80. The number of fused-ring (bicyclic) bond motifs is 1. The molecule has 2 heterocycles. The molecule has 0 spiro atoms. The van der Waals surface area contributed by atoms with Crippen molar-refractivity contribution in [1.82, 2.24) is 4.98 Å². The summed E-state index contributed by atoms with van der Waals surface area (Å²) in [6.45, 7) is 0. The molecule has 5 nitrogen and oxygen atoms in total. The lowest BCUT2D eigenvalue weighted by Crippen LogP contribution is -2.04. The molecule has 0 unspecified atom stereocenters. The molecule has 0 N–H and O–H groups in total. The Hall–Kier alpha value is -3.38. The number of Topliss-reactive ketones (excluding diaryl/α,β-unsaturated/α-hetero) is 1. The number of allylic oxidation sites excluding steroid dienone is 1. The number of thiophene rings is 1. The van der Waals surface area contributed by atoms with E-state index in [1.54, 1.807) is 38.5 Å². The van der Waals surface area contributed by atoms with Crippen LogP contribution in [0.4, 0.5) is 0 Å². The van der Waals surface area contributed by atoms with E-state index in [4.69, 9.17) is 13.9 Å². The Labute approximate surface area is 165 Å². The highest BCUT2D eigenvalue weighted by Gasteiger charge is 2.21. The van der Waals surface area contributed by atoms with Crippen molar-refractivity contribution < 1.29 is 18.7 Å². The highest BCUT2D eigenvalue weighted by atomic mass is 32.1. The van der Waals surface area contributed by atoms with E-state index in [1.807, 2.05) is 41.8 Å². The number of carbonyl (C=O) groups is 1. The second kappa shape index (κ2) is 7.70. The topological polar surface area (TPSA) is 61.6 Å². The SMILES string of the molecule is COc1cc(OC)cc(C(=O)C(=Cc2cccs2)c2nc3ccccc3o2)c1. The van der Waals surface area contributed by atoms with Crippen LogP contribution in [0.2, 0.25) is 0 Å². The molecule has 0 fully saturated rings. The Kier molecular flexibility index (Phi) is 4.95. The van der Waals surface area contributed by atoms with Crippen LogP contribution in [-0.2, 0) is 0 Å². The molecular formula is C22H17NO4S. The second-order valence-electron chi connectivity index (χ2n) is 5.99. The zero-order valence-corrected chi connectivity index (χ0v) is 16.2. The van der Waals surface area contributed by atoms with E-state index in [2.05, 4.69) is 4.98 Å². The van der Waals surface area contributed by atoms with E-state index >= 15 is 0 Å². The molecule has 0 saturated carbocycles. The molecule has 0 aliphatic carbocycles. The molecule has 0 aliphatic rings. The number of carbonyl (C=O) groups excluding carboxylic acids is 1. The van der Waals surface area contributed by atoms with E-state index in [0.29, 0.717) is 33.7 Å². The maximum absolute atomic E-state index is 13.4. The fourth-order valence-electron chi connectivity index (χ4n) is 2.82. The van der Waals surface area contributed by atoms with Gasteiger partial charge in [0, 0.05) is 16.5 Å². The van der Waals surface area contributed by atoms with Crippen LogP contribution in [0.15, 0.2) is 64.4 Å². The normalized spacial score (nSPS) is 11.6. The molecule has 6 heteroatoms. The zero-order valence-electron chi connectivity index (χ0n) is 15.3. The standard InChI is InChI=1S/C22H17NO4S/c1-25-15-10-14(11-16(12-15)26-2)21(24)18(13-17-6-5-9-28-17)22-23-19-7-3-4-8-20(19)27-22/h3-13H,1-2H3. The predicted molar refractivity (Wildman–Crippen MR) is 110 cm³/mol. The molecule has 0 bridgehead atoms. The Morgan fingerprint density at radius 3 is 2.43 bits per heavy atom. The second-order valence-corrected chi connectivity index (χ2v) is 6.97. The minimum absolute atomic E-state index is 0.225. The van der Waals surface area contributed by atoms with Crippen molar-refractivity contribution in [3.63, 3.8) is 0 Å². The van der Waals surface area contributed by atoms with Gasteiger partial charge in [-0.05, 0) is 41.8 Å². The van der Waals surface area contributed by atoms with Crippen LogP contribution < -0.4 is 9.47 Å². The van der Waals surface area contributed by atoms with Gasteiger partial charge in [0.2, 0.25) is 5.89 Å². The average molecular weight is 391 g/mol. The van der Waals surface area contributed by atoms with E-state index in [-0.39, 0.29) is 11.7 Å². The van der Waals surface area contributed by atoms with Crippen LogP contribution in [-0.4, -0.2) is 25.0 Å². The summed E-state index contributed by atoms with van der Waals surface area (Å²) in [5, 5.41) is 1.95. The number of hydrogen-bond acceptors (Lipinski definition) is 6. The van der Waals surface area contributed by atoms with Crippen molar-refractivity contribution in [3.8, 4) is 11.5 Å². The van der Waals surface area contributed by atoms with Crippen molar-refractivity contribution >= 4 is 39.9 Å². The number of nitrogens with zero attached hydrogens (tertiary/aromatic N) is 1. The van der Waals surface area contributed by atoms with E-state index in [9.17, 15) is 4.79 Å². The number of aromatic nitrogens is 1. The summed E-state index contributed by atoms with van der Waals surface area (Å²) in [4.78, 5) is 18.9. The van der Waals surface area contributed by atoms with Crippen LogP contribution >= 0.6 is 11.3 Å². The molecule has 0 saturated heterocycles. The lowest BCUT2D eigenvalue weighted by Gasteiger charge is -2.08. The first-order chi connectivity index (χ1) is 13.7. The van der Waals surface area contributed by atoms with Gasteiger partial charge in [-0.1, -0.05) is 18.2 Å². The first kappa shape index (κ1) is 18.0. The number of ketones is 1. The smallest absolute Gasteiger partial charge is 0.231 e. The van der Waals surface area contributed by atoms with Crippen LogP contribution in [0.25, 0.3) is 22.7 Å². The molecular weight excluding hydrogens is 374 g/mol. The van der Waals surface area contributed by atoms with Crippen molar-refractivity contribution in [2.75, 3.05) is 14.2 Å². The largest absolute Gasteiger partial charge is 0.497 e. The summed E-state index contributed by atoms with van der Waals surface area (Å²) in [7, 11) is 3.10. The summed E-state index contributed by atoms with van der Waals surface area (Å²) in [6, 6.07) is 16.4. The molecule has 2 aromatic carbocycles. The molecule has 140 valence electrons. The van der Waals surface area contributed by atoms with Crippen LogP contribution in [0.1, 0.15) is 21.1 Å². The molecule has 2 aromatic heterocycles. The van der Waals surface area contributed by atoms with Crippen molar-refractivity contribution in [3.05, 3.63) is 76.3 Å². The summed E-state index contributed by atoms with van der Waals surface area (Å²) in [5.74, 6) is 1.13. The third-order valence-electron chi connectivity index (χ3n) is 4.21. The molecule has 0 radical (unpaired) electrons. The predicted octanol–water partition coefficient (Wildman–Crippen LogP) is 5.33. The first-order valence-electron chi connectivity index (χ1n) is 8.57. The van der Waals surface area contributed by atoms with Crippen molar-refractivity contribution in [2.24, 2.45) is 0 Å². The number of rotatable bonds is 6. The van der Waals surface area contributed by atoms with Crippen LogP contribution in [0.5, 0.6) is 11.5 Å². The van der Waals surface area contributed by atoms with Crippen molar-refractivity contribution in [1.29, 1.82) is 0 Å². The number of hydrogen-bond donors (Lipinski definition) is 0. The number of methoxy groups -OCH3 is 2. The van der Waals surface area contributed by atoms with E-state index in [0.717, 1.165) is 4.88 Å². The minimum atomic E-state index is -0.225. The third kappa shape index (κ3) is 3.54. The number of para-hydroxylation sites is 2. The Bertz CT molecular complexity index is 1100. The number of oxazole rings is 1. The fraction of sp³-hybridized carbons (Fsp3) is 0.0909. The molecule has 0 atom stereocenters. The van der Waals surface area contributed by atoms with Gasteiger partial charge in [-0.25, -0.2) is 4.98 Å². The monoisotopic (exact) mass is 391 g/mol.